The summed E-state index contributed by atoms with van der Waals surface area (Å²) in [4.78, 5) is 13.6. The van der Waals surface area contributed by atoms with Crippen molar-refractivity contribution in [2.45, 2.75) is 31.5 Å². The molecule has 0 saturated carbocycles. The van der Waals surface area contributed by atoms with Gasteiger partial charge >= 0.3 is 6.09 Å². The number of amides is 1. The van der Waals surface area contributed by atoms with Gasteiger partial charge in [0.15, 0.2) is 0 Å². The molecule has 1 heterocycles. The number of nitrogens with zero attached hydrogens (tertiary/aromatic N) is 1. The summed E-state index contributed by atoms with van der Waals surface area (Å²) in [6.07, 6.45) is 0.501. The molecule has 1 aliphatic heterocycles. The van der Waals surface area contributed by atoms with Gasteiger partial charge in [0.1, 0.15) is 0 Å². The van der Waals surface area contributed by atoms with E-state index in [1.807, 2.05) is 31.2 Å². The van der Waals surface area contributed by atoms with Crippen molar-refractivity contribution in [1.29, 1.82) is 0 Å². The summed E-state index contributed by atoms with van der Waals surface area (Å²) in [6.45, 7) is 3.63. The number of rotatable bonds is 4. The Morgan fingerprint density at radius 2 is 2.33 bits per heavy atom. The van der Waals surface area contributed by atoms with Crippen LogP contribution in [0.2, 0.25) is 5.02 Å². The number of nitrogens with two attached hydrogens (primary N) is 1. The summed E-state index contributed by atoms with van der Waals surface area (Å²) in [5.74, 6) is 0. The maximum absolute atomic E-state index is 11.3. The van der Waals surface area contributed by atoms with E-state index in [1.165, 1.54) is 7.11 Å². The second-order valence-corrected chi connectivity index (χ2v) is 5.91. The number of methoxy groups -OCH3 is 1. The Bertz CT molecular complexity index is 496. The zero-order valence-electron chi connectivity index (χ0n) is 12.4. The molecule has 3 atom stereocenters. The standard InChI is InChI=1S/C15H22ClN3O2/c1-10(17)14(11-4-3-5-12(16)8-11)19-7-6-13(9-19)18-15(20)21-2/h3-5,8,10,13-14H,6-7,9,17H2,1-2H3,(H,18,20). The van der Waals surface area contributed by atoms with Crippen LogP contribution in [0, 0.1) is 0 Å². The van der Waals surface area contributed by atoms with Crippen molar-refractivity contribution in [3.63, 3.8) is 0 Å². The molecule has 116 valence electrons. The van der Waals surface area contributed by atoms with Crippen LogP contribution >= 0.6 is 11.6 Å². The minimum absolute atomic E-state index is 0.0275. The molecule has 1 aromatic rings. The number of carbonyl (C=O) groups excluding carboxylic acids is 1. The second kappa shape index (κ2) is 7.11. The average molecular weight is 312 g/mol. The van der Waals surface area contributed by atoms with Gasteiger partial charge in [-0.05, 0) is 31.0 Å². The maximum atomic E-state index is 11.3. The van der Waals surface area contributed by atoms with E-state index in [-0.39, 0.29) is 24.2 Å². The Hall–Kier alpha value is -1.30. The lowest BCUT2D eigenvalue weighted by Crippen LogP contribution is -2.41. The summed E-state index contributed by atoms with van der Waals surface area (Å²) in [5.41, 5.74) is 7.28. The lowest BCUT2D eigenvalue weighted by molar-refractivity contribution is 0.164. The van der Waals surface area contributed by atoms with E-state index < -0.39 is 0 Å². The number of benzene rings is 1. The van der Waals surface area contributed by atoms with E-state index in [4.69, 9.17) is 17.3 Å². The van der Waals surface area contributed by atoms with Crippen molar-refractivity contribution >= 4 is 17.7 Å². The van der Waals surface area contributed by atoms with Crippen LogP contribution in [0.15, 0.2) is 24.3 Å². The third-order valence-electron chi connectivity index (χ3n) is 3.81. The minimum Gasteiger partial charge on any atom is -0.453 e. The number of carbonyl (C=O) groups is 1. The summed E-state index contributed by atoms with van der Waals surface area (Å²) in [5, 5.41) is 3.56. The molecule has 21 heavy (non-hydrogen) atoms. The monoisotopic (exact) mass is 311 g/mol. The first-order chi connectivity index (χ1) is 10.0. The fraction of sp³-hybridized carbons (Fsp3) is 0.533. The molecule has 0 bridgehead atoms. The van der Waals surface area contributed by atoms with Crippen molar-refractivity contribution in [2.75, 3.05) is 20.2 Å². The SMILES string of the molecule is COC(=O)NC1CCN(C(c2cccc(Cl)c2)C(C)N)C1. The average Bonchev–Trinajstić information content (AvgIpc) is 2.86. The number of likely N-dealkylation sites (tertiary alicyclic amines) is 1. The minimum atomic E-state index is -0.387. The Morgan fingerprint density at radius 3 is 2.95 bits per heavy atom. The van der Waals surface area contributed by atoms with Crippen molar-refractivity contribution in [3.05, 3.63) is 34.9 Å². The van der Waals surface area contributed by atoms with Crippen LogP contribution in [-0.2, 0) is 4.74 Å². The largest absolute Gasteiger partial charge is 0.453 e. The predicted octanol–water partition coefficient (Wildman–Crippen LogP) is 2.16. The first-order valence-electron chi connectivity index (χ1n) is 7.11. The molecular weight excluding hydrogens is 290 g/mol. The lowest BCUT2D eigenvalue weighted by atomic mass is 9.99. The smallest absolute Gasteiger partial charge is 0.407 e. The van der Waals surface area contributed by atoms with Crippen LogP contribution < -0.4 is 11.1 Å². The van der Waals surface area contributed by atoms with Crippen molar-refractivity contribution in [1.82, 2.24) is 10.2 Å². The number of ether oxygens (including phenoxy) is 1. The lowest BCUT2D eigenvalue weighted by Gasteiger charge is -2.31. The third-order valence-corrected chi connectivity index (χ3v) is 4.04. The molecule has 3 N–H and O–H groups in total. The quantitative estimate of drug-likeness (QED) is 0.894. The zero-order valence-corrected chi connectivity index (χ0v) is 13.1. The molecule has 0 aromatic heterocycles. The van der Waals surface area contributed by atoms with Crippen molar-refractivity contribution < 1.29 is 9.53 Å². The molecule has 2 rings (SSSR count). The van der Waals surface area contributed by atoms with Gasteiger partial charge in [-0.2, -0.15) is 0 Å². The van der Waals surface area contributed by atoms with Crippen LogP contribution in [0.1, 0.15) is 24.9 Å². The highest BCUT2D eigenvalue weighted by Gasteiger charge is 2.32. The van der Waals surface area contributed by atoms with E-state index in [2.05, 4.69) is 15.0 Å². The highest BCUT2D eigenvalue weighted by atomic mass is 35.5. The molecule has 1 fully saturated rings. The fourth-order valence-electron chi connectivity index (χ4n) is 2.92. The molecule has 1 aromatic carbocycles. The molecule has 0 aliphatic carbocycles. The first kappa shape index (κ1) is 16.1. The molecule has 0 spiro atoms. The molecule has 1 amide bonds. The van der Waals surface area contributed by atoms with Gasteiger partial charge < -0.3 is 15.8 Å². The summed E-state index contributed by atoms with van der Waals surface area (Å²) < 4.78 is 4.64. The molecule has 6 heteroatoms. The van der Waals surface area contributed by atoms with Gasteiger partial charge in [-0.25, -0.2) is 4.79 Å². The molecular formula is C15H22ClN3O2. The van der Waals surface area contributed by atoms with Gasteiger partial charge in [-0.3, -0.25) is 4.90 Å². The zero-order chi connectivity index (χ0) is 15.4. The normalized spacial score (nSPS) is 21.8. The molecule has 0 radical (unpaired) electrons. The second-order valence-electron chi connectivity index (χ2n) is 5.48. The predicted molar refractivity (Wildman–Crippen MR) is 83.4 cm³/mol. The number of halogens is 1. The van der Waals surface area contributed by atoms with Gasteiger partial charge in [-0.1, -0.05) is 23.7 Å². The third kappa shape index (κ3) is 4.09. The summed E-state index contributed by atoms with van der Waals surface area (Å²) in [6, 6.07) is 7.95. The summed E-state index contributed by atoms with van der Waals surface area (Å²) in [7, 11) is 1.37. The maximum Gasteiger partial charge on any atom is 0.407 e. The topological polar surface area (TPSA) is 67.6 Å². The van der Waals surface area contributed by atoms with Crippen molar-refractivity contribution in [3.8, 4) is 0 Å². The summed E-state index contributed by atoms with van der Waals surface area (Å²) >= 11 is 6.08. The van der Waals surface area contributed by atoms with Crippen LogP contribution in [0.4, 0.5) is 4.79 Å². The van der Waals surface area contributed by atoms with Crippen LogP contribution in [0.25, 0.3) is 0 Å². The number of alkyl carbamates (subject to hydrolysis) is 1. The van der Waals surface area contributed by atoms with Crippen LogP contribution in [0.3, 0.4) is 0 Å². The highest BCUT2D eigenvalue weighted by Crippen LogP contribution is 2.29. The van der Waals surface area contributed by atoms with Crippen LogP contribution in [0.5, 0.6) is 0 Å². The Kier molecular flexibility index (Phi) is 5.45. The fourth-order valence-corrected chi connectivity index (χ4v) is 3.12. The van der Waals surface area contributed by atoms with E-state index >= 15 is 0 Å². The number of hydrogen-bond acceptors (Lipinski definition) is 4. The number of hydrogen-bond donors (Lipinski definition) is 2. The van der Waals surface area contributed by atoms with E-state index in [1.54, 1.807) is 0 Å². The molecule has 1 saturated heterocycles. The Balaban J connectivity index is 2.08. The molecule has 1 aliphatic rings. The van der Waals surface area contributed by atoms with Crippen molar-refractivity contribution in [2.24, 2.45) is 5.73 Å². The van der Waals surface area contributed by atoms with Gasteiger partial charge in [0, 0.05) is 36.2 Å². The van der Waals surface area contributed by atoms with E-state index in [0.29, 0.717) is 5.02 Å². The van der Waals surface area contributed by atoms with Gasteiger partial charge in [-0.15, -0.1) is 0 Å². The Morgan fingerprint density at radius 1 is 1.57 bits per heavy atom. The first-order valence-corrected chi connectivity index (χ1v) is 7.48. The Labute approximate surface area is 130 Å². The van der Waals surface area contributed by atoms with Gasteiger partial charge in [0.05, 0.1) is 7.11 Å². The molecule has 3 unspecified atom stereocenters. The highest BCUT2D eigenvalue weighted by molar-refractivity contribution is 6.30. The van der Waals surface area contributed by atoms with Gasteiger partial charge in [0.2, 0.25) is 0 Å². The molecule has 5 nitrogen and oxygen atoms in total. The van der Waals surface area contributed by atoms with E-state index in [0.717, 1.165) is 25.1 Å². The van der Waals surface area contributed by atoms with E-state index in [9.17, 15) is 4.79 Å². The van der Waals surface area contributed by atoms with Crippen LogP contribution in [-0.4, -0.2) is 43.3 Å². The van der Waals surface area contributed by atoms with Gasteiger partial charge in [0.25, 0.3) is 0 Å². The number of nitrogens with one attached hydrogen (secondary N) is 1.